The van der Waals surface area contributed by atoms with E-state index in [-0.39, 0.29) is 5.91 Å². The highest BCUT2D eigenvalue weighted by Gasteiger charge is 2.12. The van der Waals surface area contributed by atoms with Crippen molar-refractivity contribution in [3.63, 3.8) is 0 Å². The molecule has 0 bridgehead atoms. The average Bonchev–Trinajstić information content (AvgIpc) is 2.99. The zero-order valence-electron chi connectivity index (χ0n) is 9.71. The fourth-order valence-corrected chi connectivity index (χ4v) is 4.23. The number of amides is 1. The molecule has 98 valence electrons. The van der Waals surface area contributed by atoms with Crippen LogP contribution in [0.5, 0.6) is 0 Å². The summed E-state index contributed by atoms with van der Waals surface area (Å²) in [5, 5.41) is 4.04. The van der Waals surface area contributed by atoms with Crippen molar-refractivity contribution < 1.29 is 4.79 Å². The van der Waals surface area contributed by atoms with Gasteiger partial charge < -0.3 is 0 Å². The quantitative estimate of drug-likeness (QED) is 0.841. The Morgan fingerprint density at radius 2 is 2.39 bits per heavy atom. The number of hydrogen-bond donors (Lipinski definition) is 1. The molecule has 0 saturated heterocycles. The van der Waals surface area contributed by atoms with E-state index in [0.717, 1.165) is 27.6 Å². The number of anilines is 1. The summed E-state index contributed by atoms with van der Waals surface area (Å²) in [7, 11) is 0. The van der Waals surface area contributed by atoms with Gasteiger partial charge >= 0.3 is 0 Å². The van der Waals surface area contributed by atoms with Crippen molar-refractivity contribution in [3.8, 4) is 0 Å². The van der Waals surface area contributed by atoms with Crippen LogP contribution in [0, 0.1) is 0 Å². The molecule has 0 fully saturated rings. The maximum Gasteiger partial charge on any atom is 0.236 e. The van der Waals surface area contributed by atoms with E-state index >= 15 is 0 Å². The molecule has 0 saturated carbocycles. The van der Waals surface area contributed by atoms with Crippen LogP contribution >= 0.6 is 46.8 Å². The highest BCUT2D eigenvalue weighted by molar-refractivity contribution is 8.39. The normalized spacial score (nSPS) is 14.6. The molecule has 1 N–H and O–H groups in total. The van der Waals surface area contributed by atoms with Gasteiger partial charge in [-0.05, 0) is 5.75 Å². The molecule has 18 heavy (non-hydrogen) atoms. The first-order valence-electron chi connectivity index (χ1n) is 5.34. The molecule has 0 spiro atoms. The summed E-state index contributed by atoms with van der Waals surface area (Å²) < 4.78 is 5.15. The molecule has 0 aromatic carbocycles. The lowest BCUT2D eigenvalue weighted by Crippen LogP contribution is -2.14. The van der Waals surface area contributed by atoms with Crippen molar-refractivity contribution in [1.29, 1.82) is 0 Å². The Morgan fingerprint density at radius 1 is 1.50 bits per heavy atom. The van der Waals surface area contributed by atoms with E-state index in [2.05, 4.69) is 19.7 Å². The van der Waals surface area contributed by atoms with E-state index in [4.69, 9.17) is 0 Å². The van der Waals surface area contributed by atoms with Gasteiger partial charge in [0.15, 0.2) is 0 Å². The molecule has 5 nitrogen and oxygen atoms in total. The van der Waals surface area contributed by atoms with Crippen LogP contribution in [0.2, 0.25) is 0 Å². The van der Waals surface area contributed by atoms with E-state index in [1.54, 1.807) is 23.5 Å². The van der Waals surface area contributed by atoms with Crippen LogP contribution in [0.25, 0.3) is 0 Å². The Labute approximate surface area is 122 Å². The van der Waals surface area contributed by atoms with Crippen LogP contribution in [-0.4, -0.2) is 43.4 Å². The molecule has 1 aromatic heterocycles. The van der Waals surface area contributed by atoms with E-state index in [9.17, 15) is 4.79 Å². The predicted molar refractivity (Wildman–Crippen MR) is 82.2 cm³/mol. The number of aliphatic imine (C=N–C) groups is 1. The fourth-order valence-electron chi connectivity index (χ4n) is 1.13. The summed E-state index contributed by atoms with van der Waals surface area (Å²) in [6, 6.07) is 0. The number of nitrogens with zero attached hydrogens (tertiary/aromatic N) is 3. The molecular weight excluding hydrogens is 308 g/mol. The summed E-state index contributed by atoms with van der Waals surface area (Å²) in [6.45, 7) is 2.91. The van der Waals surface area contributed by atoms with Gasteiger partial charge in [-0.15, -0.1) is 0 Å². The molecule has 2 rings (SSSR count). The lowest BCUT2D eigenvalue weighted by atomic mass is 10.7. The van der Waals surface area contributed by atoms with Gasteiger partial charge in [-0.1, -0.05) is 42.2 Å². The Bertz CT molecular complexity index is 448. The van der Waals surface area contributed by atoms with Crippen LogP contribution in [0.15, 0.2) is 10.1 Å². The van der Waals surface area contributed by atoms with Gasteiger partial charge in [-0.2, -0.15) is 9.36 Å². The van der Waals surface area contributed by atoms with Crippen molar-refractivity contribution in [3.05, 3.63) is 0 Å². The number of rotatable bonds is 5. The minimum atomic E-state index is -0.0561. The topological polar surface area (TPSA) is 67.2 Å². The van der Waals surface area contributed by atoms with E-state index in [1.165, 1.54) is 23.3 Å². The van der Waals surface area contributed by atoms with Gasteiger partial charge in [0.1, 0.15) is 4.38 Å². The minimum absolute atomic E-state index is 0.0561. The number of carbonyl (C=O) groups excluding carboxylic acids is 1. The van der Waals surface area contributed by atoms with Crippen LogP contribution < -0.4 is 5.32 Å². The van der Waals surface area contributed by atoms with Crippen LogP contribution in [0.1, 0.15) is 6.92 Å². The van der Waals surface area contributed by atoms with Gasteiger partial charge in [0.25, 0.3) is 0 Å². The van der Waals surface area contributed by atoms with Crippen molar-refractivity contribution in [2.45, 2.75) is 12.1 Å². The number of hydrogen-bond acceptors (Lipinski definition) is 8. The lowest BCUT2D eigenvalue weighted by Gasteiger charge is -2.00. The monoisotopic (exact) mass is 320 g/mol. The molecule has 0 aliphatic carbocycles. The zero-order valence-corrected chi connectivity index (χ0v) is 13.0. The number of thioether (sulfide) groups is 3. The second-order valence-electron chi connectivity index (χ2n) is 3.15. The van der Waals surface area contributed by atoms with E-state index < -0.39 is 0 Å². The summed E-state index contributed by atoms with van der Waals surface area (Å²) in [6.07, 6.45) is 0. The average molecular weight is 320 g/mol. The first-order valence-corrected chi connectivity index (χ1v) is 9.07. The highest BCUT2D eigenvalue weighted by atomic mass is 32.2. The third-order valence-electron chi connectivity index (χ3n) is 1.81. The first kappa shape index (κ1) is 14.2. The molecule has 1 aliphatic heterocycles. The fraction of sp³-hybridized carbons (Fsp3) is 0.556. The molecular formula is C9H12N4OS4. The standard InChI is InChI=1S/C9H12N4OS4/c1-2-15-8-12-7(18-13-8)11-6(14)5-17-9-10-3-4-16-9/h2-5H2,1H3,(H,11,12,13,14). The Kier molecular flexibility index (Phi) is 5.80. The van der Waals surface area contributed by atoms with Crippen molar-refractivity contribution in [2.24, 2.45) is 4.99 Å². The lowest BCUT2D eigenvalue weighted by molar-refractivity contribution is -0.113. The molecule has 0 atom stereocenters. The molecule has 9 heteroatoms. The zero-order chi connectivity index (χ0) is 12.8. The number of aromatic nitrogens is 2. The van der Waals surface area contributed by atoms with E-state index in [0.29, 0.717) is 10.9 Å². The van der Waals surface area contributed by atoms with Gasteiger partial charge in [0.05, 0.1) is 12.3 Å². The van der Waals surface area contributed by atoms with Crippen molar-refractivity contribution in [1.82, 2.24) is 9.36 Å². The number of nitrogens with one attached hydrogen (secondary N) is 1. The Morgan fingerprint density at radius 3 is 3.11 bits per heavy atom. The third-order valence-corrected chi connectivity index (χ3v) is 5.54. The Balaban J connectivity index is 1.75. The summed E-state index contributed by atoms with van der Waals surface area (Å²) >= 11 is 5.97. The summed E-state index contributed by atoms with van der Waals surface area (Å²) in [5.74, 6) is 2.27. The van der Waals surface area contributed by atoms with Crippen LogP contribution in [0.4, 0.5) is 5.13 Å². The first-order chi connectivity index (χ1) is 8.78. The van der Waals surface area contributed by atoms with Crippen molar-refractivity contribution in [2.75, 3.05) is 29.1 Å². The second-order valence-corrected chi connectivity index (χ2v) is 7.44. The predicted octanol–water partition coefficient (Wildman–Crippen LogP) is 2.42. The number of carbonyl (C=O) groups is 1. The van der Waals surface area contributed by atoms with E-state index in [1.807, 2.05) is 6.92 Å². The molecule has 0 radical (unpaired) electrons. The smallest absolute Gasteiger partial charge is 0.236 e. The van der Waals surface area contributed by atoms with Gasteiger partial charge in [-0.25, -0.2) is 0 Å². The molecule has 1 amide bonds. The molecule has 2 heterocycles. The third kappa shape index (κ3) is 4.45. The maximum atomic E-state index is 11.7. The molecule has 0 unspecified atom stereocenters. The SMILES string of the molecule is CCSc1nsc(NC(=O)CSC2=NCCS2)n1. The summed E-state index contributed by atoms with van der Waals surface area (Å²) in [5.41, 5.74) is 0. The van der Waals surface area contributed by atoms with Gasteiger partial charge in [-0.3, -0.25) is 15.1 Å². The summed E-state index contributed by atoms with van der Waals surface area (Å²) in [4.78, 5) is 20.2. The van der Waals surface area contributed by atoms with Crippen molar-refractivity contribution >= 4 is 62.2 Å². The Hall–Kier alpha value is -0.250. The van der Waals surface area contributed by atoms with Crippen LogP contribution in [0.3, 0.4) is 0 Å². The van der Waals surface area contributed by atoms with Gasteiger partial charge in [0, 0.05) is 17.3 Å². The largest absolute Gasteiger partial charge is 0.300 e. The highest BCUT2D eigenvalue weighted by Crippen LogP contribution is 2.23. The maximum absolute atomic E-state index is 11.7. The second kappa shape index (κ2) is 7.37. The molecule has 1 aliphatic rings. The minimum Gasteiger partial charge on any atom is -0.300 e. The molecule has 1 aromatic rings. The van der Waals surface area contributed by atoms with Crippen LogP contribution in [-0.2, 0) is 4.79 Å². The van der Waals surface area contributed by atoms with Gasteiger partial charge in [0.2, 0.25) is 16.2 Å².